The van der Waals surface area contributed by atoms with Crippen LogP contribution in [0.4, 0.5) is 0 Å². The van der Waals surface area contributed by atoms with Crippen molar-refractivity contribution in [3.05, 3.63) is 85.1 Å². The lowest BCUT2D eigenvalue weighted by molar-refractivity contribution is -0.305. The maximum Gasteiger partial charge on any atom is 0.306 e. The van der Waals surface area contributed by atoms with Crippen LogP contribution in [0.25, 0.3) is 0 Å². The lowest BCUT2D eigenvalue weighted by atomic mass is 9.99. The molecule has 8 unspecified atom stereocenters. The number of allylic oxidation sites excluding steroid dienone is 13. The summed E-state index contributed by atoms with van der Waals surface area (Å²) in [5, 5.41) is 56.9. The predicted molar refractivity (Wildman–Crippen MR) is 310 cm³/mol. The van der Waals surface area contributed by atoms with Gasteiger partial charge in [-0.05, 0) is 77.0 Å². The highest BCUT2D eigenvalue weighted by molar-refractivity contribution is 5.80. The van der Waals surface area contributed by atoms with Crippen molar-refractivity contribution in [2.24, 2.45) is 0 Å². The van der Waals surface area contributed by atoms with Gasteiger partial charge < -0.3 is 45.1 Å². The summed E-state index contributed by atoms with van der Waals surface area (Å²) in [5.74, 6) is -1.24. The van der Waals surface area contributed by atoms with E-state index >= 15 is 0 Å². The van der Waals surface area contributed by atoms with E-state index in [0.29, 0.717) is 12.8 Å². The minimum Gasteiger partial charge on any atom is -0.454 e. The molecule has 11 nitrogen and oxygen atoms in total. The Balaban J connectivity index is 2.71. The van der Waals surface area contributed by atoms with Gasteiger partial charge >= 0.3 is 5.97 Å². The summed E-state index contributed by atoms with van der Waals surface area (Å²) in [6.07, 6.45) is 56.2. The Morgan fingerprint density at radius 2 is 0.960 bits per heavy atom. The average molecular weight is 1050 g/mol. The number of aliphatic hydroxyl groups excluding tert-OH is 5. The van der Waals surface area contributed by atoms with Crippen LogP contribution in [0, 0.1) is 0 Å². The summed E-state index contributed by atoms with van der Waals surface area (Å²) in [6, 6.07) is -1.03. The largest absolute Gasteiger partial charge is 0.454 e. The molecule has 0 aromatic heterocycles. The highest BCUT2D eigenvalue weighted by atomic mass is 16.7. The third-order valence-corrected chi connectivity index (χ3v) is 13.8. The Bertz CT molecular complexity index is 1540. The summed E-state index contributed by atoms with van der Waals surface area (Å²) in [4.78, 5) is 26.5. The molecule has 11 heteroatoms. The fourth-order valence-corrected chi connectivity index (χ4v) is 9.01. The van der Waals surface area contributed by atoms with E-state index in [4.69, 9.17) is 14.2 Å². The highest BCUT2D eigenvalue weighted by Crippen LogP contribution is 2.26. The van der Waals surface area contributed by atoms with E-state index in [9.17, 15) is 35.1 Å². The number of hydrogen-bond acceptors (Lipinski definition) is 10. The quantitative estimate of drug-likeness (QED) is 0.0195. The minimum absolute atomic E-state index is 0.0659. The third-order valence-electron chi connectivity index (χ3n) is 13.8. The fraction of sp³-hybridized carbons (Fsp3) is 0.750. The van der Waals surface area contributed by atoms with Gasteiger partial charge in [-0.15, -0.1) is 0 Å². The zero-order chi connectivity index (χ0) is 54.7. The van der Waals surface area contributed by atoms with Crippen LogP contribution in [0.2, 0.25) is 0 Å². The van der Waals surface area contributed by atoms with Crippen molar-refractivity contribution < 1.29 is 49.3 Å². The molecule has 1 aliphatic heterocycles. The predicted octanol–water partition coefficient (Wildman–Crippen LogP) is 14.2. The van der Waals surface area contributed by atoms with Crippen molar-refractivity contribution in [1.29, 1.82) is 0 Å². The number of nitrogens with one attached hydrogen (secondary N) is 1. The van der Waals surface area contributed by atoms with E-state index in [1.54, 1.807) is 6.08 Å². The van der Waals surface area contributed by atoms with Gasteiger partial charge in [-0.3, -0.25) is 9.59 Å². The van der Waals surface area contributed by atoms with Crippen LogP contribution in [0.1, 0.15) is 245 Å². The average Bonchev–Trinajstić information content (AvgIpc) is 3.41. The molecule has 1 fully saturated rings. The van der Waals surface area contributed by atoms with Gasteiger partial charge in [0.1, 0.15) is 24.4 Å². The number of rotatable bonds is 50. The van der Waals surface area contributed by atoms with Gasteiger partial charge in [-0.25, -0.2) is 0 Å². The van der Waals surface area contributed by atoms with Gasteiger partial charge in [-0.1, -0.05) is 247 Å². The van der Waals surface area contributed by atoms with E-state index < -0.39 is 67.4 Å². The SMILES string of the molecule is CC/C=C\C/C=C\C/C=C\C/C=C\C/C=C\C/C=C\CCCCC(=O)OC1C(OCC(NC(=O)C(O)CCCCCCCCCCCCCCC)C(O)/C=C/CCCCCCCCCCCC)OC(CO)C(O)C1O. The first-order valence-electron chi connectivity index (χ1n) is 30.4. The second-order valence-electron chi connectivity index (χ2n) is 20.7. The van der Waals surface area contributed by atoms with Crippen LogP contribution < -0.4 is 5.32 Å². The molecule has 1 rings (SSSR count). The van der Waals surface area contributed by atoms with Gasteiger partial charge in [0, 0.05) is 6.42 Å². The lowest BCUT2D eigenvalue weighted by Gasteiger charge is -2.41. The number of aliphatic hydroxyl groups is 5. The number of amides is 1. The number of carbonyl (C=O) groups excluding carboxylic acids is 2. The Kier molecular flexibility index (Phi) is 48.0. The molecular weight excluding hydrogens is 943 g/mol. The Hall–Kier alpha value is -3.16. The van der Waals surface area contributed by atoms with Crippen molar-refractivity contribution in [3.63, 3.8) is 0 Å². The minimum atomic E-state index is -1.63. The van der Waals surface area contributed by atoms with Gasteiger partial charge in [0.15, 0.2) is 12.4 Å². The monoisotopic (exact) mass is 1050 g/mol. The van der Waals surface area contributed by atoms with Crippen LogP contribution in [0.3, 0.4) is 0 Å². The highest BCUT2D eigenvalue weighted by Gasteiger charge is 2.47. The van der Waals surface area contributed by atoms with Gasteiger partial charge in [-0.2, -0.15) is 0 Å². The summed E-state index contributed by atoms with van der Waals surface area (Å²) in [6.45, 7) is 5.64. The van der Waals surface area contributed by atoms with Crippen LogP contribution in [-0.2, 0) is 23.8 Å². The third kappa shape index (κ3) is 39.8. The molecule has 432 valence electrons. The molecule has 0 aromatic rings. The van der Waals surface area contributed by atoms with Crippen LogP contribution in [-0.4, -0.2) is 99.6 Å². The second kappa shape index (κ2) is 51.6. The van der Waals surface area contributed by atoms with E-state index in [0.717, 1.165) is 89.9 Å². The number of carbonyl (C=O) groups is 2. The summed E-state index contributed by atoms with van der Waals surface area (Å²) in [5.41, 5.74) is 0. The molecule has 0 saturated carbocycles. The molecule has 0 spiro atoms. The number of unbranched alkanes of at least 4 members (excludes halogenated alkanes) is 24. The van der Waals surface area contributed by atoms with E-state index in [1.165, 1.54) is 109 Å². The molecule has 0 bridgehead atoms. The van der Waals surface area contributed by atoms with Crippen LogP contribution in [0.15, 0.2) is 85.1 Å². The molecular formula is C64H111NO10. The topological polar surface area (TPSA) is 175 Å². The molecule has 1 heterocycles. The Morgan fingerprint density at radius 3 is 1.44 bits per heavy atom. The second-order valence-corrected chi connectivity index (χ2v) is 20.7. The molecule has 1 amide bonds. The number of hydrogen-bond donors (Lipinski definition) is 6. The normalized spacial score (nSPS) is 19.8. The van der Waals surface area contributed by atoms with Gasteiger partial charge in [0.05, 0.1) is 25.4 Å². The van der Waals surface area contributed by atoms with Crippen molar-refractivity contribution in [1.82, 2.24) is 5.32 Å². The van der Waals surface area contributed by atoms with Crippen LogP contribution >= 0.6 is 0 Å². The molecule has 0 aromatic carbocycles. The Labute approximate surface area is 457 Å². The molecule has 6 N–H and O–H groups in total. The summed E-state index contributed by atoms with van der Waals surface area (Å²) in [7, 11) is 0. The maximum atomic E-state index is 13.4. The van der Waals surface area contributed by atoms with E-state index in [1.807, 2.05) is 6.08 Å². The van der Waals surface area contributed by atoms with Crippen molar-refractivity contribution >= 4 is 11.9 Å². The zero-order valence-electron chi connectivity index (χ0n) is 47.6. The summed E-state index contributed by atoms with van der Waals surface area (Å²) < 4.78 is 17.6. The van der Waals surface area contributed by atoms with Crippen molar-refractivity contribution in [3.8, 4) is 0 Å². The first-order valence-corrected chi connectivity index (χ1v) is 30.4. The van der Waals surface area contributed by atoms with Crippen molar-refractivity contribution in [2.75, 3.05) is 13.2 Å². The number of ether oxygens (including phenoxy) is 3. The van der Waals surface area contributed by atoms with Crippen molar-refractivity contribution in [2.45, 2.75) is 294 Å². The molecule has 75 heavy (non-hydrogen) atoms. The number of esters is 1. The molecule has 0 radical (unpaired) electrons. The molecule has 8 atom stereocenters. The summed E-state index contributed by atoms with van der Waals surface area (Å²) >= 11 is 0. The fourth-order valence-electron chi connectivity index (χ4n) is 9.01. The maximum absolute atomic E-state index is 13.4. The standard InChI is InChI=1S/C64H111NO10/c1-4-7-10-13-16-19-22-25-26-27-28-29-30-31-32-34-37-40-43-46-49-52-59(69)75-62-61(71)60(70)58(53-66)74-64(62)73-54-55(56(67)50-47-44-41-38-35-24-21-18-15-12-9-6-3)65-63(72)57(68)51-48-45-42-39-36-33-23-20-17-14-11-8-5-2/h7,10,16,19,25-26,28-29,31-32,37,40,47,50,55-58,60-62,64,66-68,70-71H,4-6,8-9,11-15,17-18,20-24,27,30,33-36,38-39,41-46,48-49,51-54H2,1-3H3,(H,65,72)/b10-7-,19-16-,26-25-,29-28-,32-31-,40-37-,50-47+. The molecule has 0 aliphatic carbocycles. The molecule has 1 saturated heterocycles. The van der Waals surface area contributed by atoms with E-state index in [-0.39, 0.29) is 19.4 Å². The zero-order valence-corrected chi connectivity index (χ0v) is 47.6. The van der Waals surface area contributed by atoms with Crippen LogP contribution in [0.5, 0.6) is 0 Å². The first kappa shape index (κ1) is 69.9. The smallest absolute Gasteiger partial charge is 0.306 e. The first-order chi connectivity index (χ1) is 36.7. The molecule has 1 aliphatic rings. The van der Waals surface area contributed by atoms with E-state index in [2.05, 4.69) is 99.0 Å². The van der Waals surface area contributed by atoms with Gasteiger partial charge in [0.2, 0.25) is 5.91 Å². The lowest BCUT2D eigenvalue weighted by Crippen LogP contribution is -2.61. The van der Waals surface area contributed by atoms with Gasteiger partial charge in [0.25, 0.3) is 0 Å². The Morgan fingerprint density at radius 1 is 0.533 bits per heavy atom.